The van der Waals surface area contributed by atoms with Crippen molar-refractivity contribution in [3.05, 3.63) is 59.7 Å². The molecular weight excluding hydrogens is 572 g/mol. The van der Waals surface area contributed by atoms with Gasteiger partial charge < -0.3 is 20.7 Å². The maximum atomic E-state index is 15.6. The van der Waals surface area contributed by atoms with E-state index < -0.39 is 59.2 Å². The van der Waals surface area contributed by atoms with Crippen LogP contribution in [0.1, 0.15) is 41.5 Å². The number of anilines is 1. The third-order valence-corrected chi connectivity index (χ3v) is 7.28. The number of carbonyl (C=O) groups is 2. The zero-order chi connectivity index (χ0) is 30.4. The van der Waals surface area contributed by atoms with Gasteiger partial charge in [-0.15, -0.1) is 0 Å². The predicted molar refractivity (Wildman–Crippen MR) is 134 cm³/mol. The van der Waals surface area contributed by atoms with Crippen molar-refractivity contribution in [2.75, 3.05) is 18.0 Å². The maximum Gasteiger partial charge on any atom is 0.434 e. The van der Waals surface area contributed by atoms with Crippen LogP contribution in [0.2, 0.25) is 0 Å². The molecule has 2 amide bonds. The van der Waals surface area contributed by atoms with E-state index in [1.807, 2.05) is 0 Å². The van der Waals surface area contributed by atoms with Gasteiger partial charge in [0.2, 0.25) is 5.91 Å². The summed E-state index contributed by atoms with van der Waals surface area (Å²) in [4.78, 5) is 40.1. The van der Waals surface area contributed by atoms with Gasteiger partial charge in [0.1, 0.15) is 17.6 Å². The molecule has 3 aromatic heterocycles. The van der Waals surface area contributed by atoms with E-state index in [1.54, 1.807) is 4.90 Å². The molecule has 0 aliphatic carbocycles. The lowest BCUT2D eigenvalue weighted by molar-refractivity contribution is -0.185. The summed E-state index contributed by atoms with van der Waals surface area (Å²) in [5.41, 5.74) is 1.84. The van der Waals surface area contributed by atoms with Gasteiger partial charge in [0.15, 0.2) is 22.8 Å². The van der Waals surface area contributed by atoms with E-state index in [1.165, 1.54) is 19.2 Å². The number of piperidine rings is 1. The second-order valence-electron chi connectivity index (χ2n) is 10.1. The third-order valence-electron chi connectivity index (χ3n) is 7.28. The number of amides is 2. The Morgan fingerprint density at radius 1 is 1.05 bits per heavy atom. The number of primary amides is 1. The van der Waals surface area contributed by atoms with Crippen molar-refractivity contribution in [3.63, 3.8) is 0 Å². The van der Waals surface area contributed by atoms with Gasteiger partial charge in [-0.3, -0.25) is 14.6 Å². The molecule has 16 heteroatoms. The zero-order valence-corrected chi connectivity index (χ0v) is 21.9. The fraction of sp³-hybridized carbons (Fsp3) is 0.385. The lowest BCUT2D eigenvalue weighted by Crippen LogP contribution is -2.61. The first-order chi connectivity index (χ1) is 19.7. The van der Waals surface area contributed by atoms with Gasteiger partial charge >= 0.3 is 6.18 Å². The van der Waals surface area contributed by atoms with Crippen molar-refractivity contribution in [1.29, 1.82) is 0 Å². The average molecular weight is 596 g/mol. The van der Waals surface area contributed by atoms with Crippen molar-refractivity contribution in [1.82, 2.24) is 25.3 Å². The molecule has 1 spiro atoms. The first-order valence-electron chi connectivity index (χ1n) is 12.7. The Kier molecular flexibility index (Phi) is 7.18. The highest BCUT2D eigenvalue weighted by molar-refractivity contribution is 5.96. The molecule has 222 valence electrons. The molecule has 2 aliphatic heterocycles. The van der Waals surface area contributed by atoms with Crippen LogP contribution in [-0.2, 0) is 17.4 Å². The Morgan fingerprint density at radius 3 is 2.36 bits per heavy atom. The summed E-state index contributed by atoms with van der Waals surface area (Å²) in [5, 5.41) is 2.21. The van der Waals surface area contributed by atoms with Crippen molar-refractivity contribution in [2.24, 2.45) is 5.73 Å². The average Bonchev–Trinajstić information content (AvgIpc) is 2.93. The molecule has 42 heavy (non-hydrogen) atoms. The van der Waals surface area contributed by atoms with Crippen LogP contribution in [0.4, 0.5) is 32.2 Å². The van der Waals surface area contributed by atoms with Crippen LogP contribution in [-0.4, -0.2) is 62.4 Å². The van der Waals surface area contributed by atoms with Crippen LogP contribution >= 0.6 is 0 Å². The summed E-state index contributed by atoms with van der Waals surface area (Å²) in [6.45, 7) is 1.40. The number of nitrogens with two attached hydrogens (primary N) is 1. The van der Waals surface area contributed by atoms with E-state index in [-0.39, 0.29) is 54.3 Å². The largest absolute Gasteiger partial charge is 0.479 e. The van der Waals surface area contributed by atoms with E-state index in [0.29, 0.717) is 6.20 Å². The number of hydrogen-bond donors (Lipinski definition) is 2. The Hall–Kier alpha value is -4.50. The van der Waals surface area contributed by atoms with Gasteiger partial charge in [0.05, 0.1) is 24.3 Å². The Morgan fingerprint density at radius 2 is 1.76 bits per heavy atom. The normalized spacial score (nSPS) is 18.1. The topological polar surface area (TPSA) is 136 Å². The first-order valence-corrected chi connectivity index (χ1v) is 12.7. The van der Waals surface area contributed by atoms with Gasteiger partial charge in [-0.25, -0.2) is 28.1 Å². The third kappa shape index (κ3) is 5.39. The minimum atomic E-state index is -4.65. The summed E-state index contributed by atoms with van der Waals surface area (Å²) < 4.78 is 90.0. The van der Waals surface area contributed by atoms with E-state index in [2.05, 4.69) is 25.3 Å². The van der Waals surface area contributed by atoms with Gasteiger partial charge in [-0.1, -0.05) is 0 Å². The second kappa shape index (κ2) is 10.4. The number of rotatable bonds is 5. The maximum absolute atomic E-state index is 15.6. The molecule has 0 unspecified atom stereocenters. The minimum absolute atomic E-state index is 0.0412. The number of nitrogens with one attached hydrogen (secondary N) is 1. The highest BCUT2D eigenvalue weighted by Crippen LogP contribution is 2.49. The van der Waals surface area contributed by atoms with Crippen LogP contribution in [0.5, 0.6) is 5.75 Å². The summed E-state index contributed by atoms with van der Waals surface area (Å²) in [6, 6.07) is 1.24. The van der Waals surface area contributed by atoms with Crippen molar-refractivity contribution in [3.8, 4) is 17.0 Å². The SMILES string of the molecule is C[C@H](NC(=O)c1ncc(-c2cc3c(cn2)OC2(CCN(c4cnc(C(F)(F)F)cn4)CC2)C(F)(F)C3)cc1F)C(N)=O. The number of alkyl halides is 5. The molecular formula is C26H23F6N7O3. The highest BCUT2D eigenvalue weighted by Gasteiger charge is 2.59. The standard InChI is InChI=1S/C26H23F6N7O3/c1-13(22(33)40)38-23(41)21-16(27)6-15(9-37-21)17-7-14-8-25(28,29)24(42-18(14)10-34-17)2-4-39(5-3-24)20-12-35-19(11-36-20)26(30,31)32/h6-7,9-13H,2-5,8H2,1H3,(H2,33,40)(H,38,41)/t13-/m0/s1. The quantitative estimate of drug-likeness (QED) is 0.429. The molecule has 1 fully saturated rings. The molecule has 5 heterocycles. The summed E-state index contributed by atoms with van der Waals surface area (Å²) >= 11 is 0. The van der Waals surface area contributed by atoms with Crippen LogP contribution in [0.25, 0.3) is 11.3 Å². The smallest absolute Gasteiger partial charge is 0.434 e. The van der Waals surface area contributed by atoms with Crippen molar-refractivity contribution < 1.29 is 40.7 Å². The number of fused-ring (bicyclic) bond motifs is 1. The fourth-order valence-electron chi connectivity index (χ4n) is 4.83. The first kappa shape index (κ1) is 29.0. The van der Waals surface area contributed by atoms with Crippen molar-refractivity contribution >= 4 is 17.6 Å². The summed E-state index contributed by atoms with van der Waals surface area (Å²) in [5.74, 6) is -5.87. The zero-order valence-electron chi connectivity index (χ0n) is 21.9. The number of carbonyl (C=O) groups excluding carboxylic acids is 2. The number of halogens is 6. The molecule has 0 bridgehead atoms. The lowest BCUT2D eigenvalue weighted by Gasteiger charge is -2.48. The fourth-order valence-corrected chi connectivity index (χ4v) is 4.83. The molecule has 3 N–H and O–H groups in total. The van der Waals surface area contributed by atoms with Gasteiger partial charge in [-0.05, 0) is 19.1 Å². The van der Waals surface area contributed by atoms with Gasteiger partial charge in [0.25, 0.3) is 11.8 Å². The molecule has 1 saturated heterocycles. The van der Waals surface area contributed by atoms with Gasteiger partial charge in [-0.2, -0.15) is 13.2 Å². The highest BCUT2D eigenvalue weighted by atomic mass is 19.4. The molecule has 3 aromatic rings. The molecule has 1 atom stereocenters. The molecule has 5 rings (SSSR count). The predicted octanol–water partition coefficient (Wildman–Crippen LogP) is 3.30. The summed E-state index contributed by atoms with van der Waals surface area (Å²) in [7, 11) is 0. The minimum Gasteiger partial charge on any atom is -0.479 e. The number of hydrogen-bond acceptors (Lipinski definition) is 8. The number of pyridine rings is 2. The molecule has 0 radical (unpaired) electrons. The van der Waals surface area contributed by atoms with E-state index in [0.717, 1.165) is 18.5 Å². The van der Waals surface area contributed by atoms with Crippen LogP contribution in [0, 0.1) is 5.82 Å². The Balaban J connectivity index is 1.31. The van der Waals surface area contributed by atoms with E-state index in [4.69, 9.17) is 10.5 Å². The van der Waals surface area contributed by atoms with Crippen molar-refractivity contribution in [2.45, 2.75) is 49.9 Å². The van der Waals surface area contributed by atoms with Gasteiger partial charge in [0, 0.05) is 49.7 Å². The number of nitrogens with zero attached hydrogens (tertiary/aromatic N) is 5. The lowest BCUT2D eigenvalue weighted by atomic mass is 9.79. The molecule has 0 aromatic carbocycles. The van der Waals surface area contributed by atoms with E-state index >= 15 is 8.78 Å². The number of aromatic nitrogens is 4. The molecule has 2 aliphatic rings. The Bertz CT molecular complexity index is 1530. The summed E-state index contributed by atoms with van der Waals surface area (Å²) in [6.07, 6.45) is -1.67. The van der Waals surface area contributed by atoms with Crippen LogP contribution in [0.3, 0.4) is 0 Å². The van der Waals surface area contributed by atoms with E-state index in [9.17, 15) is 27.2 Å². The number of ether oxygens (including phenoxy) is 1. The molecule has 0 saturated carbocycles. The van der Waals surface area contributed by atoms with Crippen LogP contribution < -0.4 is 20.7 Å². The van der Waals surface area contributed by atoms with Crippen LogP contribution in [0.15, 0.2) is 36.9 Å². The Labute approximate surface area is 234 Å². The second-order valence-corrected chi connectivity index (χ2v) is 10.1. The monoisotopic (exact) mass is 595 g/mol. The molecule has 10 nitrogen and oxygen atoms in total.